The van der Waals surface area contributed by atoms with E-state index in [1.54, 1.807) is 0 Å². The van der Waals surface area contributed by atoms with Crippen LogP contribution in [0.1, 0.15) is 10.5 Å². The number of aromatic carboxylic acids is 1. The Balaban J connectivity index is 2.08. The zero-order valence-electron chi connectivity index (χ0n) is 10.6. The van der Waals surface area contributed by atoms with Crippen LogP contribution in [-0.4, -0.2) is 31.7 Å². The van der Waals surface area contributed by atoms with Gasteiger partial charge in [0.1, 0.15) is 12.2 Å². The van der Waals surface area contributed by atoms with E-state index in [0.29, 0.717) is 0 Å². The van der Waals surface area contributed by atoms with Gasteiger partial charge in [-0.2, -0.15) is 0 Å². The molecule has 0 saturated carbocycles. The molecule has 0 radical (unpaired) electrons. The molecule has 0 spiro atoms. The molecule has 21 heavy (non-hydrogen) atoms. The Morgan fingerprint density at radius 1 is 1.24 bits per heavy atom. The number of aromatic nitrogens is 3. The second-order valence-corrected chi connectivity index (χ2v) is 4.02. The molecule has 0 saturated heterocycles. The average molecular weight is 290 g/mol. The molecule has 3 N–H and O–H groups in total. The molecule has 9 nitrogen and oxygen atoms in total. The van der Waals surface area contributed by atoms with E-state index in [4.69, 9.17) is 5.11 Å². The number of amides is 1. The van der Waals surface area contributed by atoms with Crippen LogP contribution in [0.5, 0.6) is 0 Å². The lowest BCUT2D eigenvalue weighted by Gasteiger charge is -2.06. The quantitative estimate of drug-likeness (QED) is 0.679. The largest absolute Gasteiger partial charge is 0.477 e. The highest BCUT2D eigenvalue weighted by molar-refractivity contribution is 5.91. The summed E-state index contributed by atoms with van der Waals surface area (Å²) in [7, 11) is 0. The van der Waals surface area contributed by atoms with Gasteiger partial charge in [-0.1, -0.05) is 0 Å². The van der Waals surface area contributed by atoms with E-state index in [0.717, 1.165) is 16.8 Å². The van der Waals surface area contributed by atoms with Crippen molar-refractivity contribution in [2.75, 3.05) is 5.32 Å². The third kappa shape index (κ3) is 3.62. The number of nitrogens with one attached hydrogen (secondary N) is 2. The summed E-state index contributed by atoms with van der Waals surface area (Å²) < 4.78 is 0.858. The lowest BCUT2D eigenvalue weighted by molar-refractivity contribution is -0.117. The van der Waals surface area contributed by atoms with Gasteiger partial charge < -0.3 is 10.4 Å². The van der Waals surface area contributed by atoms with Crippen molar-refractivity contribution in [3.05, 3.63) is 56.9 Å². The number of carboxylic acids is 1. The van der Waals surface area contributed by atoms with Gasteiger partial charge in [-0.15, -0.1) is 0 Å². The molecule has 0 aliphatic rings. The number of carboxylic acid groups (broad SMARTS) is 1. The molecule has 0 bridgehead atoms. The first-order valence-corrected chi connectivity index (χ1v) is 5.75. The Hall–Kier alpha value is -3.23. The molecule has 0 aromatic carbocycles. The summed E-state index contributed by atoms with van der Waals surface area (Å²) in [5, 5.41) is 13.3. The zero-order chi connectivity index (χ0) is 15.4. The standard InChI is InChI=1S/C12H10N4O5/c17-9-3-4-11(19)16(15-9)6-10(18)14-7-1-2-8(12(20)21)13-5-7/h1-5H,6H2,(H,14,18)(H,15,17)(H,20,21). The SMILES string of the molecule is O=C(Cn1[nH]c(=O)ccc1=O)Nc1ccc(C(=O)O)nc1. The Kier molecular flexibility index (Phi) is 3.93. The fourth-order valence-electron chi connectivity index (χ4n) is 1.52. The number of nitrogens with zero attached hydrogens (tertiary/aromatic N) is 2. The van der Waals surface area contributed by atoms with Crippen LogP contribution in [0.3, 0.4) is 0 Å². The number of rotatable bonds is 4. The van der Waals surface area contributed by atoms with Crippen molar-refractivity contribution in [3.63, 3.8) is 0 Å². The van der Waals surface area contributed by atoms with E-state index >= 15 is 0 Å². The summed E-state index contributed by atoms with van der Waals surface area (Å²) in [6.45, 7) is -0.379. The van der Waals surface area contributed by atoms with Crippen LogP contribution in [0.15, 0.2) is 40.1 Å². The molecule has 0 fully saturated rings. The van der Waals surface area contributed by atoms with E-state index in [1.165, 1.54) is 18.3 Å². The van der Waals surface area contributed by atoms with Crippen LogP contribution in [0, 0.1) is 0 Å². The minimum Gasteiger partial charge on any atom is -0.477 e. The fraction of sp³-hybridized carbons (Fsp3) is 0.0833. The van der Waals surface area contributed by atoms with Gasteiger partial charge in [-0.3, -0.25) is 19.5 Å². The van der Waals surface area contributed by atoms with Crippen molar-refractivity contribution < 1.29 is 14.7 Å². The van der Waals surface area contributed by atoms with Crippen molar-refractivity contribution in [1.82, 2.24) is 14.8 Å². The highest BCUT2D eigenvalue weighted by Crippen LogP contribution is 2.06. The molecule has 1 amide bonds. The summed E-state index contributed by atoms with van der Waals surface area (Å²) in [6.07, 6.45) is 1.18. The maximum atomic E-state index is 11.7. The molecule has 9 heteroatoms. The van der Waals surface area contributed by atoms with E-state index in [1.807, 2.05) is 0 Å². The van der Waals surface area contributed by atoms with Gasteiger partial charge in [0.2, 0.25) is 5.91 Å². The maximum absolute atomic E-state index is 11.7. The normalized spacial score (nSPS) is 10.1. The lowest BCUT2D eigenvalue weighted by Crippen LogP contribution is -2.32. The number of hydrogen-bond donors (Lipinski definition) is 3. The average Bonchev–Trinajstić information content (AvgIpc) is 2.43. The molecule has 2 aromatic heterocycles. The summed E-state index contributed by atoms with van der Waals surface area (Å²) in [6, 6.07) is 4.71. The lowest BCUT2D eigenvalue weighted by atomic mass is 10.3. The molecule has 0 unspecified atom stereocenters. The number of anilines is 1. The van der Waals surface area contributed by atoms with Crippen LogP contribution >= 0.6 is 0 Å². The van der Waals surface area contributed by atoms with Crippen molar-refractivity contribution in [2.45, 2.75) is 6.54 Å². The highest BCUT2D eigenvalue weighted by Gasteiger charge is 2.08. The van der Waals surface area contributed by atoms with Crippen LogP contribution < -0.4 is 16.4 Å². The van der Waals surface area contributed by atoms with E-state index in [-0.39, 0.29) is 17.9 Å². The van der Waals surface area contributed by atoms with Gasteiger partial charge in [-0.05, 0) is 12.1 Å². The Morgan fingerprint density at radius 2 is 2.00 bits per heavy atom. The molecule has 0 aliphatic heterocycles. The molecular weight excluding hydrogens is 280 g/mol. The number of pyridine rings is 1. The summed E-state index contributed by atoms with van der Waals surface area (Å²) >= 11 is 0. The number of hydrogen-bond acceptors (Lipinski definition) is 5. The third-order valence-corrected chi connectivity index (χ3v) is 2.46. The van der Waals surface area contributed by atoms with Crippen LogP contribution in [0.2, 0.25) is 0 Å². The minimum atomic E-state index is -1.18. The molecule has 108 valence electrons. The van der Waals surface area contributed by atoms with Crippen molar-refractivity contribution in [2.24, 2.45) is 0 Å². The van der Waals surface area contributed by atoms with E-state index < -0.39 is 23.0 Å². The first kappa shape index (κ1) is 14.2. The predicted molar refractivity (Wildman–Crippen MR) is 71.1 cm³/mol. The van der Waals surface area contributed by atoms with E-state index in [2.05, 4.69) is 15.4 Å². The summed E-state index contributed by atoms with van der Waals surface area (Å²) in [4.78, 5) is 48.5. The summed E-state index contributed by atoms with van der Waals surface area (Å²) in [5.41, 5.74) is -0.910. The smallest absolute Gasteiger partial charge is 0.354 e. The second kappa shape index (κ2) is 5.82. The van der Waals surface area contributed by atoms with Gasteiger partial charge in [0.25, 0.3) is 11.1 Å². The van der Waals surface area contributed by atoms with Crippen molar-refractivity contribution in [3.8, 4) is 0 Å². The zero-order valence-corrected chi connectivity index (χ0v) is 10.6. The van der Waals surface area contributed by atoms with Crippen molar-refractivity contribution >= 4 is 17.6 Å². The Bertz CT molecular complexity index is 790. The Morgan fingerprint density at radius 3 is 2.62 bits per heavy atom. The molecule has 2 rings (SSSR count). The first-order chi connectivity index (χ1) is 9.95. The number of H-pyrrole nitrogens is 1. The maximum Gasteiger partial charge on any atom is 0.354 e. The molecular formula is C12H10N4O5. The first-order valence-electron chi connectivity index (χ1n) is 5.75. The monoisotopic (exact) mass is 290 g/mol. The molecule has 2 aromatic rings. The number of aromatic amines is 1. The van der Waals surface area contributed by atoms with Crippen LogP contribution in [0.25, 0.3) is 0 Å². The predicted octanol–water partition coefficient (Wildman–Crippen LogP) is -0.731. The third-order valence-electron chi connectivity index (χ3n) is 2.46. The number of carbonyl (C=O) groups excluding carboxylic acids is 1. The molecule has 2 heterocycles. The summed E-state index contributed by atoms with van der Waals surface area (Å²) in [5.74, 6) is -1.75. The van der Waals surface area contributed by atoms with Gasteiger partial charge >= 0.3 is 5.97 Å². The fourth-order valence-corrected chi connectivity index (χ4v) is 1.52. The topological polar surface area (TPSA) is 134 Å². The van der Waals surface area contributed by atoms with Gasteiger partial charge in [-0.25, -0.2) is 14.5 Å². The van der Waals surface area contributed by atoms with Gasteiger partial charge in [0.15, 0.2) is 0 Å². The minimum absolute atomic E-state index is 0.156. The van der Waals surface area contributed by atoms with E-state index in [9.17, 15) is 19.2 Å². The van der Waals surface area contributed by atoms with Crippen LogP contribution in [-0.2, 0) is 11.3 Å². The Labute approximate surface area is 116 Å². The van der Waals surface area contributed by atoms with Gasteiger partial charge in [0, 0.05) is 12.1 Å². The molecule has 0 aliphatic carbocycles. The van der Waals surface area contributed by atoms with Crippen LogP contribution in [0.4, 0.5) is 5.69 Å². The second-order valence-electron chi connectivity index (χ2n) is 4.02. The number of carbonyl (C=O) groups is 2. The van der Waals surface area contributed by atoms with Crippen molar-refractivity contribution in [1.29, 1.82) is 0 Å². The molecule has 0 atom stereocenters. The highest BCUT2D eigenvalue weighted by atomic mass is 16.4. The van der Waals surface area contributed by atoms with Gasteiger partial charge in [0.05, 0.1) is 11.9 Å².